The van der Waals surface area contributed by atoms with Crippen molar-refractivity contribution in [2.24, 2.45) is 35.5 Å². The van der Waals surface area contributed by atoms with E-state index in [9.17, 15) is 24.3 Å². The van der Waals surface area contributed by atoms with Gasteiger partial charge in [-0.15, -0.1) is 0 Å². The van der Waals surface area contributed by atoms with E-state index in [1.807, 2.05) is 0 Å². The van der Waals surface area contributed by atoms with E-state index in [1.54, 1.807) is 0 Å². The third-order valence-corrected chi connectivity index (χ3v) is 11.3. The number of aliphatic hydroxyl groups is 1. The molecule has 4 saturated carbocycles. The van der Waals surface area contributed by atoms with Crippen LogP contribution < -0.4 is 0 Å². The lowest BCUT2D eigenvalue weighted by Crippen LogP contribution is -2.45. The van der Waals surface area contributed by atoms with Crippen LogP contribution in [0.15, 0.2) is 0 Å². The molecule has 0 bridgehead atoms. The Bertz CT molecular complexity index is 1090. The highest BCUT2D eigenvalue weighted by Gasteiger charge is 2.51. The first kappa shape index (κ1) is 32.3. The number of epoxide rings is 3. The van der Waals surface area contributed by atoms with E-state index < -0.39 is 35.7 Å². The molecule has 7 aliphatic rings. The summed E-state index contributed by atoms with van der Waals surface area (Å²) in [5.41, 5.74) is 0. The minimum absolute atomic E-state index is 0.00893. The Balaban J connectivity index is 1.04. The fourth-order valence-corrected chi connectivity index (χ4v) is 8.12. The number of esters is 4. The van der Waals surface area contributed by atoms with E-state index in [1.165, 1.54) is 0 Å². The minimum Gasteiger partial charge on any atom is -0.465 e. The van der Waals surface area contributed by atoms with E-state index in [0.717, 1.165) is 57.8 Å². The fourth-order valence-electron chi connectivity index (χ4n) is 8.12. The summed E-state index contributed by atoms with van der Waals surface area (Å²) in [5.74, 6) is -7.44. The van der Waals surface area contributed by atoms with Crippen molar-refractivity contribution in [3.63, 3.8) is 0 Å². The third kappa shape index (κ3) is 8.05. The Morgan fingerprint density at radius 1 is 0.457 bits per heavy atom. The summed E-state index contributed by atoms with van der Waals surface area (Å²) >= 11 is 0. The molecule has 0 spiro atoms. The van der Waals surface area contributed by atoms with Crippen LogP contribution in [0, 0.1) is 35.5 Å². The van der Waals surface area contributed by atoms with Crippen molar-refractivity contribution in [2.75, 3.05) is 26.4 Å². The zero-order valence-electron chi connectivity index (χ0n) is 26.5. The van der Waals surface area contributed by atoms with Gasteiger partial charge in [0.2, 0.25) is 0 Å². The predicted molar refractivity (Wildman–Crippen MR) is 157 cm³/mol. The van der Waals surface area contributed by atoms with Crippen LogP contribution in [0.4, 0.5) is 0 Å². The minimum atomic E-state index is -1.85. The van der Waals surface area contributed by atoms with Gasteiger partial charge in [0.15, 0.2) is 11.8 Å². The predicted octanol–water partition coefficient (Wildman–Crippen LogP) is 2.65. The lowest BCUT2D eigenvalue weighted by Gasteiger charge is -2.28. The van der Waals surface area contributed by atoms with Crippen molar-refractivity contribution in [1.29, 1.82) is 0 Å². The van der Waals surface area contributed by atoms with Gasteiger partial charge in [-0.2, -0.15) is 0 Å². The molecule has 3 aliphatic heterocycles. The SMILES string of the molecule is O=C(OCC1CCC(O)CC1)C(C(=O)OCC1CCC2OC2C1)C(C(=O)OCC1CCC2OC2C1)C(=O)OCC1CCC2OC2C1. The summed E-state index contributed by atoms with van der Waals surface area (Å²) in [4.78, 5) is 54.9. The van der Waals surface area contributed by atoms with E-state index in [4.69, 9.17) is 33.2 Å². The summed E-state index contributed by atoms with van der Waals surface area (Å²) in [6, 6.07) is 0. The summed E-state index contributed by atoms with van der Waals surface area (Å²) in [5, 5.41) is 9.88. The quantitative estimate of drug-likeness (QED) is 0.135. The van der Waals surface area contributed by atoms with Gasteiger partial charge in [-0.1, -0.05) is 0 Å². The second kappa shape index (κ2) is 14.1. The Kier molecular flexibility index (Phi) is 9.87. The smallest absolute Gasteiger partial charge is 0.321 e. The zero-order valence-corrected chi connectivity index (χ0v) is 26.5. The highest BCUT2D eigenvalue weighted by atomic mass is 16.6. The van der Waals surface area contributed by atoms with Gasteiger partial charge in [0, 0.05) is 0 Å². The monoisotopic (exact) mass is 648 g/mol. The van der Waals surface area contributed by atoms with Crippen LogP contribution in [-0.2, 0) is 52.3 Å². The summed E-state index contributed by atoms with van der Waals surface area (Å²) in [6.45, 7) is 0.195. The maximum absolute atomic E-state index is 13.7. The molecule has 7 rings (SSSR count). The van der Waals surface area contributed by atoms with Crippen molar-refractivity contribution in [3.05, 3.63) is 0 Å². The van der Waals surface area contributed by atoms with Crippen molar-refractivity contribution < 1.29 is 57.4 Å². The summed E-state index contributed by atoms with van der Waals surface area (Å²) < 4.78 is 39.5. The molecular weight excluding hydrogens is 600 g/mol. The third-order valence-electron chi connectivity index (χ3n) is 11.3. The first-order valence-corrected chi connectivity index (χ1v) is 17.6. The molecule has 1 N–H and O–H groups in total. The van der Waals surface area contributed by atoms with Crippen molar-refractivity contribution >= 4 is 23.9 Å². The Morgan fingerprint density at radius 3 is 1.09 bits per heavy atom. The molecule has 3 heterocycles. The molecule has 0 aromatic heterocycles. The zero-order chi connectivity index (χ0) is 31.8. The van der Waals surface area contributed by atoms with Gasteiger partial charge in [-0.3, -0.25) is 19.2 Å². The van der Waals surface area contributed by atoms with Crippen molar-refractivity contribution in [3.8, 4) is 0 Å². The molecule has 46 heavy (non-hydrogen) atoms. The van der Waals surface area contributed by atoms with Gasteiger partial charge in [0.05, 0.1) is 69.2 Å². The summed E-state index contributed by atoms with van der Waals surface area (Å²) in [6.07, 6.45) is 11.0. The number of aliphatic hydroxyl groups excluding tert-OH is 1. The first-order valence-electron chi connectivity index (χ1n) is 17.6. The molecular formula is C34H48O12. The second-order valence-electron chi connectivity index (χ2n) is 14.8. The van der Waals surface area contributed by atoms with Gasteiger partial charge in [-0.25, -0.2) is 0 Å². The van der Waals surface area contributed by atoms with Gasteiger partial charge in [-0.05, 0) is 107 Å². The number of fused-ring (bicyclic) bond motifs is 3. The highest BCUT2D eigenvalue weighted by Crippen LogP contribution is 2.41. The molecule has 256 valence electrons. The maximum Gasteiger partial charge on any atom is 0.321 e. The van der Waals surface area contributed by atoms with Crippen LogP contribution >= 0.6 is 0 Å². The van der Waals surface area contributed by atoms with Crippen LogP contribution in [0.1, 0.15) is 83.5 Å². The standard InChI is InChI=1S/C34H48O12/c35-22-6-1-18(2-7-22)14-40-31(36)29(32(37)41-15-19-3-8-23-26(11-19)44-23)30(33(38)42-16-20-4-9-24-27(12-20)45-24)34(39)43-17-21-5-10-25-28(13-21)46-25/h18-30,35H,1-17H2. The fraction of sp³-hybridized carbons (Fsp3) is 0.882. The molecule has 12 nitrogen and oxygen atoms in total. The number of hydrogen-bond acceptors (Lipinski definition) is 12. The average Bonchev–Trinajstić information content (AvgIpc) is 3.95. The Morgan fingerprint density at radius 2 is 0.761 bits per heavy atom. The van der Waals surface area contributed by atoms with Gasteiger partial charge in [0.1, 0.15) is 0 Å². The molecule has 4 aliphatic carbocycles. The molecule has 0 radical (unpaired) electrons. The topological polar surface area (TPSA) is 163 Å². The molecule has 12 heteroatoms. The lowest BCUT2D eigenvalue weighted by molar-refractivity contribution is -0.181. The van der Waals surface area contributed by atoms with Crippen LogP contribution in [0.2, 0.25) is 0 Å². The van der Waals surface area contributed by atoms with Gasteiger partial charge >= 0.3 is 23.9 Å². The van der Waals surface area contributed by atoms with Crippen LogP contribution in [0.5, 0.6) is 0 Å². The molecule has 7 fully saturated rings. The van der Waals surface area contributed by atoms with E-state index >= 15 is 0 Å². The van der Waals surface area contributed by atoms with Gasteiger partial charge < -0.3 is 38.3 Å². The number of carbonyl (C=O) groups is 4. The molecule has 0 aromatic rings. The maximum atomic E-state index is 13.7. The first-order chi connectivity index (χ1) is 22.3. The summed E-state index contributed by atoms with van der Waals surface area (Å²) in [7, 11) is 0. The molecule has 0 aromatic carbocycles. The van der Waals surface area contributed by atoms with Crippen LogP contribution in [-0.4, -0.2) is 98.1 Å². The number of rotatable bonds is 13. The van der Waals surface area contributed by atoms with E-state index in [2.05, 4.69) is 0 Å². The van der Waals surface area contributed by atoms with Crippen LogP contribution in [0.3, 0.4) is 0 Å². The van der Waals surface area contributed by atoms with Crippen LogP contribution in [0.25, 0.3) is 0 Å². The van der Waals surface area contributed by atoms with E-state index in [0.29, 0.717) is 25.7 Å². The lowest BCUT2D eigenvalue weighted by atomic mass is 9.88. The average molecular weight is 649 g/mol. The number of carbonyl (C=O) groups excluding carboxylic acids is 4. The molecule has 10 unspecified atom stereocenters. The van der Waals surface area contributed by atoms with E-state index in [-0.39, 0.29) is 92.8 Å². The van der Waals surface area contributed by atoms with Crippen molar-refractivity contribution in [2.45, 2.75) is 126 Å². The molecule has 10 atom stereocenters. The van der Waals surface area contributed by atoms with Gasteiger partial charge in [0.25, 0.3) is 0 Å². The largest absolute Gasteiger partial charge is 0.465 e. The highest BCUT2D eigenvalue weighted by molar-refractivity contribution is 6.07. The number of hydrogen-bond donors (Lipinski definition) is 1. The Labute approximate surface area is 269 Å². The Hall–Kier alpha value is -2.28. The molecule has 3 saturated heterocycles. The second-order valence-corrected chi connectivity index (χ2v) is 14.8. The van der Waals surface area contributed by atoms with Crippen molar-refractivity contribution in [1.82, 2.24) is 0 Å². The number of ether oxygens (including phenoxy) is 7. The molecule has 0 amide bonds. The normalized spacial score (nSPS) is 40.1.